The number of hydrogen-bond donors (Lipinski definition) is 3. The Morgan fingerprint density at radius 2 is 2.23 bits per heavy atom. The smallest absolute Gasteiger partial charge is 0.189 e. The van der Waals surface area contributed by atoms with Gasteiger partial charge in [-0.3, -0.25) is 4.99 Å². The lowest BCUT2D eigenvalue weighted by Gasteiger charge is -2.14. The van der Waals surface area contributed by atoms with Gasteiger partial charge in [-0.2, -0.15) is 0 Å². The summed E-state index contributed by atoms with van der Waals surface area (Å²) in [5, 5.41) is 12.1. The van der Waals surface area contributed by atoms with Crippen LogP contribution >= 0.6 is 0 Å². The van der Waals surface area contributed by atoms with E-state index in [2.05, 4.69) is 24.2 Å². The average Bonchev–Trinajstić information content (AvgIpc) is 2.82. The number of nitrogens with two attached hydrogens (primary N) is 1. The molecule has 13 heavy (non-hydrogen) atoms. The maximum absolute atomic E-state index is 9.01. The van der Waals surface area contributed by atoms with Gasteiger partial charge in [-0.1, -0.05) is 13.8 Å². The van der Waals surface area contributed by atoms with Crippen LogP contribution in [-0.2, 0) is 0 Å². The van der Waals surface area contributed by atoms with Crippen LogP contribution in [0.15, 0.2) is 4.99 Å². The van der Waals surface area contributed by atoms with Crippen LogP contribution in [-0.4, -0.2) is 29.8 Å². The number of nitrogens with one attached hydrogen (secondary N) is 1. The van der Waals surface area contributed by atoms with E-state index in [-0.39, 0.29) is 12.1 Å². The molecule has 4 N–H and O–H groups in total. The first kappa shape index (κ1) is 10.3. The summed E-state index contributed by atoms with van der Waals surface area (Å²) in [6.45, 7) is 5.07. The zero-order chi connectivity index (χ0) is 9.90. The maximum atomic E-state index is 9.01. The highest BCUT2D eigenvalue weighted by molar-refractivity contribution is 5.79. The maximum Gasteiger partial charge on any atom is 0.189 e. The summed E-state index contributed by atoms with van der Waals surface area (Å²) in [6.07, 6.45) is 1.97. The van der Waals surface area contributed by atoms with E-state index in [0.29, 0.717) is 11.9 Å². The van der Waals surface area contributed by atoms with E-state index >= 15 is 0 Å². The molecule has 1 fully saturated rings. The minimum absolute atomic E-state index is 0.144. The fourth-order valence-corrected chi connectivity index (χ4v) is 1.07. The molecule has 0 unspecified atom stereocenters. The van der Waals surface area contributed by atoms with Gasteiger partial charge in [-0.25, -0.2) is 0 Å². The Bertz CT molecular complexity index is 197. The van der Waals surface area contributed by atoms with Gasteiger partial charge < -0.3 is 16.2 Å². The monoisotopic (exact) mass is 185 g/mol. The van der Waals surface area contributed by atoms with Gasteiger partial charge in [-0.05, 0) is 18.8 Å². The van der Waals surface area contributed by atoms with Gasteiger partial charge in [0, 0.05) is 6.54 Å². The molecule has 0 aromatic carbocycles. The van der Waals surface area contributed by atoms with E-state index in [4.69, 9.17) is 10.8 Å². The Balaban J connectivity index is 2.31. The molecule has 0 saturated heterocycles. The van der Waals surface area contributed by atoms with Crippen LogP contribution in [0.5, 0.6) is 0 Å². The highest BCUT2D eigenvalue weighted by Gasteiger charge is 2.42. The van der Waals surface area contributed by atoms with E-state index in [1.807, 2.05) is 0 Å². The van der Waals surface area contributed by atoms with Crippen LogP contribution in [0.1, 0.15) is 26.7 Å². The number of aliphatic hydroxyl groups is 1. The Labute approximate surface area is 79.2 Å². The summed E-state index contributed by atoms with van der Waals surface area (Å²) in [5.41, 5.74) is 5.50. The highest BCUT2D eigenvalue weighted by Crippen LogP contribution is 2.34. The summed E-state index contributed by atoms with van der Waals surface area (Å²) in [5.74, 6) is 0.977. The highest BCUT2D eigenvalue weighted by atomic mass is 16.3. The van der Waals surface area contributed by atoms with Crippen LogP contribution in [0.25, 0.3) is 0 Å². The SMILES string of the molecule is CC(C)CN=C(N)NC1(CO)CC1. The van der Waals surface area contributed by atoms with E-state index in [0.717, 1.165) is 19.4 Å². The van der Waals surface area contributed by atoms with Crippen molar-refractivity contribution in [2.24, 2.45) is 16.6 Å². The van der Waals surface area contributed by atoms with Gasteiger partial charge >= 0.3 is 0 Å². The molecule has 0 radical (unpaired) electrons. The molecule has 0 aromatic rings. The van der Waals surface area contributed by atoms with E-state index in [1.54, 1.807) is 0 Å². The zero-order valence-corrected chi connectivity index (χ0v) is 8.38. The Kier molecular flexibility index (Phi) is 3.14. The second-order valence-electron chi connectivity index (χ2n) is 4.18. The van der Waals surface area contributed by atoms with Gasteiger partial charge in [0.25, 0.3) is 0 Å². The van der Waals surface area contributed by atoms with Crippen molar-refractivity contribution in [3.8, 4) is 0 Å². The standard InChI is InChI=1S/C9H19N3O/c1-7(2)5-11-8(10)12-9(6-13)3-4-9/h7,13H,3-6H2,1-2H3,(H3,10,11,12). The van der Waals surface area contributed by atoms with Crippen molar-refractivity contribution in [1.29, 1.82) is 0 Å². The first-order valence-electron chi connectivity index (χ1n) is 4.77. The van der Waals surface area contributed by atoms with Crippen LogP contribution in [0, 0.1) is 5.92 Å². The first-order chi connectivity index (χ1) is 6.08. The summed E-state index contributed by atoms with van der Waals surface area (Å²) in [7, 11) is 0. The molecule has 0 aliphatic heterocycles. The lowest BCUT2D eigenvalue weighted by Crippen LogP contribution is -2.44. The summed E-state index contributed by atoms with van der Waals surface area (Å²) in [4.78, 5) is 4.17. The third-order valence-electron chi connectivity index (χ3n) is 2.18. The molecule has 4 heteroatoms. The predicted molar refractivity (Wildman–Crippen MR) is 53.5 cm³/mol. The molecular formula is C9H19N3O. The third kappa shape index (κ3) is 3.22. The molecule has 1 saturated carbocycles. The lowest BCUT2D eigenvalue weighted by molar-refractivity contribution is 0.245. The van der Waals surface area contributed by atoms with Gasteiger partial charge in [-0.15, -0.1) is 0 Å². The summed E-state index contributed by atoms with van der Waals surface area (Å²) < 4.78 is 0. The fourth-order valence-electron chi connectivity index (χ4n) is 1.07. The quantitative estimate of drug-likeness (QED) is 0.429. The second-order valence-corrected chi connectivity index (χ2v) is 4.18. The van der Waals surface area contributed by atoms with Crippen LogP contribution in [0.4, 0.5) is 0 Å². The van der Waals surface area contributed by atoms with Crippen molar-refractivity contribution in [1.82, 2.24) is 5.32 Å². The summed E-state index contributed by atoms with van der Waals surface area (Å²) >= 11 is 0. The Morgan fingerprint density at radius 3 is 2.62 bits per heavy atom. The van der Waals surface area contributed by atoms with Crippen LogP contribution in [0.2, 0.25) is 0 Å². The molecular weight excluding hydrogens is 166 g/mol. The topological polar surface area (TPSA) is 70.6 Å². The molecule has 1 aliphatic carbocycles. The largest absolute Gasteiger partial charge is 0.394 e. The molecule has 4 nitrogen and oxygen atoms in total. The molecule has 0 spiro atoms. The predicted octanol–water partition coefficient (Wildman–Crippen LogP) is 0.0716. The minimum atomic E-state index is -0.148. The fraction of sp³-hybridized carbons (Fsp3) is 0.889. The molecule has 1 aliphatic rings. The van der Waals surface area contributed by atoms with Crippen molar-refractivity contribution >= 4 is 5.96 Å². The number of nitrogens with zero attached hydrogens (tertiary/aromatic N) is 1. The second kappa shape index (κ2) is 3.96. The van der Waals surface area contributed by atoms with Crippen molar-refractivity contribution in [2.75, 3.05) is 13.2 Å². The minimum Gasteiger partial charge on any atom is -0.394 e. The number of rotatable bonds is 4. The van der Waals surface area contributed by atoms with Crippen LogP contribution in [0.3, 0.4) is 0 Å². The van der Waals surface area contributed by atoms with E-state index in [9.17, 15) is 0 Å². The van der Waals surface area contributed by atoms with Gasteiger partial charge in [0.05, 0.1) is 12.1 Å². The van der Waals surface area contributed by atoms with E-state index in [1.165, 1.54) is 0 Å². The van der Waals surface area contributed by atoms with E-state index < -0.39 is 0 Å². The van der Waals surface area contributed by atoms with Crippen molar-refractivity contribution in [2.45, 2.75) is 32.2 Å². The first-order valence-corrected chi connectivity index (χ1v) is 4.77. The average molecular weight is 185 g/mol. The third-order valence-corrected chi connectivity index (χ3v) is 2.18. The molecule has 1 rings (SSSR count). The van der Waals surface area contributed by atoms with Crippen LogP contribution < -0.4 is 11.1 Å². The van der Waals surface area contributed by atoms with Gasteiger partial charge in [0.1, 0.15) is 0 Å². The van der Waals surface area contributed by atoms with Crippen molar-refractivity contribution < 1.29 is 5.11 Å². The molecule has 0 amide bonds. The summed E-state index contributed by atoms with van der Waals surface area (Å²) in [6, 6.07) is 0. The molecule has 0 atom stereocenters. The molecule has 0 heterocycles. The molecule has 0 aromatic heterocycles. The number of aliphatic imine (C=N–C) groups is 1. The normalized spacial score (nSPS) is 20.5. The number of aliphatic hydroxyl groups excluding tert-OH is 1. The zero-order valence-electron chi connectivity index (χ0n) is 8.38. The lowest BCUT2D eigenvalue weighted by atomic mass is 10.2. The van der Waals surface area contributed by atoms with Crippen molar-refractivity contribution in [3.63, 3.8) is 0 Å². The van der Waals surface area contributed by atoms with Gasteiger partial charge in [0.2, 0.25) is 0 Å². The Hall–Kier alpha value is -0.770. The number of guanidine groups is 1. The van der Waals surface area contributed by atoms with Crippen molar-refractivity contribution in [3.05, 3.63) is 0 Å². The van der Waals surface area contributed by atoms with Gasteiger partial charge in [0.15, 0.2) is 5.96 Å². The number of hydrogen-bond acceptors (Lipinski definition) is 2. The molecule has 0 bridgehead atoms. The Morgan fingerprint density at radius 1 is 1.62 bits per heavy atom. The molecule has 76 valence electrons.